The van der Waals surface area contributed by atoms with Crippen LogP contribution in [-0.4, -0.2) is 40.4 Å². The summed E-state index contributed by atoms with van der Waals surface area (Å²) in [5.74, 6) is 1.53. The summed E-state index contributed by atoms with van der Waals surface area (Å²) in [7, 11) is 0. The van der Waals surface area contributed by atoms with Crippen LogP contribution >= 0.6 is 0 Å². The molecular weight excluding hydrogens is 342 g/mol. The van der Waals surface area contributed by atoms with Crippen LogP contribution in [0.25, 0.3) is 16.9 Å². The van der Waals surface area contributed by atoms with E-state index in [0.29, 0.717) is 12.4 Å². The van der Waals surface area contributed by atoms with Crippen molar-refractivity contribution in [3.8, 4) is 22.8 Å². The lowest BCUT2D eigenvalue weighted by molar-refractivity contribution is 0.120. The molecule has 1 atom stereocenters. The minimum absolute atomic E-state index is 0.133. The Hall–Kier alpha value is -2.73. The van der Waals surface area contributed by atoms with Gasteiger partial charge in [0.15, 0.2) is 11.5 Å². The maximum absolute atomic E-state index is 10.0. The fourth-order valence-electron chi connectivity index (χ4n) is 3.47. The van der Waals surface area contributed by atoms with Gasteiger partial charge in [-0.25, -0.2) is 4.98 Å². The van der Waals surface area contributed by atoms with Gasteiger partial charge in [0, 0.05) is 24.9 Å². The summed E-state index contributed by atoms with van der Waals surface area (Å²) in [5.41, 5.74) is 3.76. The first-order valence-electron chi connectivity index (χ1n) is 9.46. The largest absolute Gasteiger partial charge is 0.504 e. The first kappa shape index (κ1) is 17.7. The molecular formula is C21H25N3O3. The van der Waals surface area contributed by atoms with E-state index in [9.17, 15) is 5.11 Å². The van der Waals surface area contributed by atoms with E-state index in [-0.39, 0.29) is 11.9 Å². The van der Waals surface area contributed by atoms with Gasteiger partial charge in [-0.2, -0.15) is 0 Å². The Kier molecular flexibility index (Phi) is 4.90. The molecule has 1 aliphatic heterocycles. The van der Waals surface area contributed by atoms with Crippen LogP contribution in [0.5, 0.6) is 11.5 Å². The number of aryl methyl sites for hydroxylation is 1. The summed E-state index contributed by atoms with van der Waals surface area (Å²) in [6.45, 7) is 6.03. The number of fused-ring (bicyclic) bond motifs is 1. The molecule has 1 aromatic carbocycles. The molecule has 3 aromatic rings. The van der Waals surface area contributed by atoms with Crippen LogP contribution in [0.3, 0.4) is 0 Å². The Morgan fingerprint density at radius 3 is 3.00 bits per heavy atom. The van der Waals surface area contributed by atoms with Crippen molar-refractivity contribution in [3.05, 3.63) is 42.1 Å². The van der Waals surface area contributed by atoms with Crippen molar-refractivity contribution in [2.75, 3.05) is 25.1 Å². The molecule has 3 heterocycles. The summed E-state index contributed by atoms with van der Waals surface area (Å²) in [6, 6.07) is 9.42. The Labute approximate surface area is 158 Å². The topological polar surface area (TPSA) is 68.0 Å². The third kappa shape index (κ3) is 3.57. The lowest BCUT2D eigenvalue weighted by Crippen LogP contribution is -2.19. The van der Waals surface area contributed by atoms with Gasteiger partial charge in [0.25, 0.3) is 0 Å². The number of nitrogens with one attached hydrogen (secondary N) is 1. The average Bonchev–Trinajstić information content (AvgIpc) is 3.29. The Morgan fingerprint density at radius 2 is 2.22 bits per heavy atom. The summed E-state index contributed by atoms with van der Waals surface area (Å²) < 4.78 is 13.4. The van der Waals surface area contributed by atoms with E-state index in [1.807, 2.05) is 25.1 Å². The van der Waals surface area contributed by atoms with Gasteiger partial charge in [-0.05, 0) is 56.5 Å². The molecule has 0 bridgehead atoms. The molecule has 1 saturated heterocycles. The van der Waals surface area contributed by atoms with E-state index in [4.69, 9.17) is 14.5 Å². The average molecular weight is 367 g/mol. The molecule has 0 amide bonds. The van der Waals surface area contributed by atoms with E-state index in [1.165, 1.54) is 0 Å². The first-order chi connectivity index (χ1) is 13.2. The minimum Gasteiger partial charge on any atom is -0.504 e. The molecule has 2 N–H and O–H groups in total. The van der Waals surface area contributed by atoms with E-state index < -0.39 is 0 Å². The smallest absolute Gasteiger partial charge is 0.161 e. The van der Waals surface area contributed by atoms with Crippen molar-refractivity contribution in [1.29, 1.82) is 0 Å². The van der Waals surface area contributed by atoms with Gasteiger partial charge >= 0.3 is 0 Å². The summed E-state index contributed by atoms with van der Waals surface area (Å²) in [5, 5.41) is 13.6. The number of rotatable bonds is 6. The lowest BCUT2D eigenvalue weighted by atomic mass is 10.1. The fourth-order valence-corrected chi connectivity index (χ4v) is 3.47. The minimum atomic E-state index is 0.133. The number of imidazole rings is 1. The monoisotopic (exact) mass is 367 g/mol. The molecule has 0 unspecified atom stereocenters. The predicted octanol–water partition coefficient (Wildman–Crippen LogP) is 4.00. The maximum Gasteiger partial charge on any atom is 0.161 e. The van der Waals surface area contributed by atoms with Crippen LogP contribution in [-0.2, 0) is 4.74 Å². The van der Waals surface area contributed by atoms with Crippen LogP contribution < -0.4 is 10.1 Å². The molecule has 0 radical (unpaired) electrons. The number of aromatic nitrogens is 2. The number of ether oxygens (including phenoxy) is 2. The van der Waals surface area contributed by atoms with Gasteiger partial charge < -0.3 is 19.9 Å². The summed E-state index contributed by atoms with van der Waals surface area (Å²) in [6.07, 6.45) is 4.49. The van der Waals surface area contributed by atoms with Crippen molar-refractivity contribution >= 4 is 11.5 Å². The quantitative estimate of drug-likeness (QED) is 0.689. The zero-order valence-electron chi connectivity index (χ0n) is 15.7. The van der Waals surface area contributed by atoms with Gasteiger partial charge in [-0.15, -0.1) is 0 Å². The molecule has 2 aromatic heterocycles. The molecule has 1 fully saturated rings. The number of phenolic OH excluding ortho intramolecular Hbond substituents is 1. The first-order valence-corrected chi connectivity index (χ1v) is 9.46. The summed E-state index contributed by atoms with van der Waals surface area (Å²) >= 11 is 0. The van der Waals surface area contributed by atoms with Gasteiger partial charge in [0.1, 0.15) is 17.2 Å². The maximum atomic E-state index is 10.0. The highest BCUT2D eigenvalue weighted by Gasteiger charge is 2.19. The Balaban J connectivity index is 1.76. The second-order valence-corrected chi connectivity index (χ2v) is 6.88. The van der Waals surface area contributed by atoms with Gasteiger partial charge in [-0.1, -0.05) is 6.07 Å². The number of benzene rings is 1. The molecule has 0 saturated carbocycles. The van der Waals surface area contributed by atoms with Crippen molar-refractivity contribution in [1.82, 2.24) is 9.38 Å². The standard InChI is InChI=1S/C21H25N3O3/c1-3-26-18-11-15(7-8-17(18)25)20-21(22-12-16-5-4-10-27-16)24-13-14(2)6-9-19(24)23-20/h6-9,11,13,16,22,25H,3-5,10,12H2,1-2H3/t16-/m0/s1. The van der Waals surface area contributed by atoms with Gasteiger partial charge in [-0.3, -0.25) is 4.40 Å². The van der Waals surface area contributed by atoms with E-state index in [1.54, 1.807) is 6.07 Å². The molecule has 142 valence electrons. The SMILES string of the molecule is CCOc1cc(-c2nc3ccc(C)cn3c2NC[C@@H]2CCCO2)ccc1O. The molecule has 0 aliphatic carbocycles. The zero-order chi connectivity index (χ0) is 18.8. The highest BCUT2D eigenvalue weighted by molar-refractivity contribution is 5.78. The highest BCUT2D eigenvalue weighted by Crippen LogP contribution is 2.35. The third-order valence-electron chi connectivity index (χ3n) is 4.82. The predicted molar refractivity (Wildman–Crippen MR) is 106 cm³/mol. The highest BCUT2D eigenvalue weighted by atomic mass is 16.5. The molecule has 6 heteroatoms. The van der Waals surface area contributed by atoms with E-state index in [2.05, 4.69) is 28.9 Å². The number of hydrogen-bond acceptors (Lipinski definition) is 5. The number of aromatic hydroxyl groups is 1. The van der Waals surface area contributed by atoms with Crippen LogP contribution in [0.1, 0.15) is 25.3 Å². The number of pyridine rings is 1. The molecule has 27 heavy (non-hydrogen) atoms. The third-order valence-corrected chi connectivity index (χ3v) is 4.82. The number of anilines is 1. The molecule has 0 spiro atoms. The molecule has 1 aliphatic rings. The van der Waals surface area contributed by atoms with Crippen molar-refractivity contribution < 1.29 is 14.6 Å². The van der Waals surface area contributed by atoms with Crippen molar-refractivity contribution in [3.63, 3.8) is 0 Å². The van der Waals surface area contributed by atoms with Gasteiger partial charge in [0.05, 0.1) is 12.7 Å². The Morgan fingerprint density at radius 1 is 1.33 bits per heavy atom. The van der Waals surface area contributed by atoms with Crippen LogP contribution in [0.2, 0.25) is 0 Å². The number of phenols is 1. The normalized spacial score (nSPS) is 16.7. The number of hydrogen-bond donors (Lipinski definition) is 2. The molecule has 6 nitrogen and oxygen atoms in total. The summed E-state index contributed by atoms with van der Waals surface area (Å²) in [4.78, 5) is 4.82. The van der Waals surface area contributed by atoms with Crippen LogP contribution in [0, 0.1) is 6.92 Å². The molecule has 4 rings (SSSR count). The lowest BCUT2D eigenvalue weighted by Gasteiger charge is -2.14. The van der Waals surface area contributed by atoms with E-state index in [0.717, 1.165) is 54.3 Å². The second-order valence-electron chi connectivity index (χ2n) is 6.88. The Bertz CT molecular complexity index is 945. The van der Waals surface area contributed by atoms with Crippen molar-refractivity contribution in [2.45, 2.75) is 32.8 Å². The van der Waals surface area contributed by atoms with Crippen molar-refractivity contribution in [2.24, 2.45) is 0 Å². The van der Waals surface area contributed by atoms with E-state index >= 15 is 0 Å². The number of nitrogens with zero attached hydrogens (tertiary/aromatic N) is 2. The fraction of sp³-hybridized carbons (Fsp3) is 0.381. The zero-order valence-corrected chi connectivity index (χ0v) is 15.7. The van der Waals surface area contributed by atoms with Crippen LogP contribution in [0.4, 0.5) is 5.82 Å². The second kappa shape index (κ2) is 7.48. The van der Waals surface area contributed by atoms with Gasteiger partial charge in [0.2, 0.25) is 0 Å². The van der Waals surface area contributed by atoms with Crippen LogP contribution in [0.15, 0.2) is 36.5 Å².